The van der Waals surface area contributed by atoms with Gasteiger partial charge < -0.3 is 16.0 Å². The summed E-state index contributed by atoms with van der Waals surface area (Å²) in [6.07, 6.45) is 1.08. The third kappa shape index (κ3) is 2.68. The molecule has 0 radical (unpaired) electrons. The van der Waals surface area contributed by atoms with Gasteiger partial charge in [-0.1, -0.05) is 18.7 Å². The third-order valence-corrected chi connectivity index (χ3v) is 4.02. The van der Waals surface area contributed by atoms with E-state index < -0.39 is 0 Å². The van der Waals surface area contributed by atoms with Crippen LogP contribution >= 0.6 is 11.8 Å². The zero-order chi connectivity index (χ0) is 11.5. The van der Waals surface area contributed by atoms with Crippen LogP contribution in [0.1, 0.15) is 13.3 Å². The first-order chi connectivity index (χ1) is 7.66. The van der Waals surface area contributed by atoms with Crippen LogP contribution in [0.15, 0.2) is 0 Å². The van der Waals surface area contributed by atoms with E-state index in [9.17, 15) is 9.59 Å². The number of rotatable bonds is 2. The summed E-state index contributed by atoms with van der Waals surface area (Å²) in [4.78, 5) is 22.8. The van der Waals surface area contributed by atoms with Gasteiger partial charge in [-0.25, -0.2) is 0 Å². The van der Waals surface area contributed by atoms with Gasteiger partial charge in [-0.2, -0.15) is 0 Å². The lowest BCUT2D eigenvalue weighted by Gasteiger charge is -2.30. The Kier molecular flexibility index (Phi) is 3.70. The lowest BCUT2D eigenvalue weighted by Crippen LogP contribution is -2.54. The molecule has 6 heteroatoms. The summed E-state index contributed by atoms with van der Waals surface area (Å²) >= 11 is 1.17. The van der Waals surface area contributed by atoms with E-state index in [2.05, 4.69) is 22.9 Å². The highest BCUT2D eigenvalue weighted by molar-refractivity contribution is 8.14. The largest absolute Gasteiger partial charge is 0.350 e. The molecule has 0 saturated carbocycles. The molecule has 2 saturated heterocycles. The average molecular weight is 243 g/mol. The summed E-state index contributed by atoms with van der Waals surface area (Å²) in [6, 6.07) is -0.171. The van der Waals surface area contributed by atoms with Crippen LogP contribution in [0.4, 0.5) is 4.79 Å². The topological polar surface area (TPSA) is 70.2 Å². The molecule has 2 fully saturated rings. The van der Waals surface area contributed by atoms with Crippen LogP contribution in [0, 0.1) is 5.92 Å². The molecule has 2 rings (SSSR count). The van der Waals surface area contributed by atoms with Crippen molar-refractivity contribution in [2.75, 3.05) is 18.8 Å². The van der Waals surface area contributed by atoms with E-state index in [1.807, 2.05) is 0 Å². The molecule has 3 atom stereocenters. The van der Waals surface area contributed by atoms with Gasteiger partial charge in [-0.05, 0) is 18.9 Å². The Hall–Kier alpha value is -0.750. The third-order valence-electron chi connectivity index (χ3n) is 3.14. The minimum atomic E-state index is -0.355. The SMILES string of the molecule is CC1CCNCC1NC(=O)[C@@H]1CSC(=O)N1. The predicted molar refractivity (Wildman–Crippen MR) is 63.4 cm³/mol. The molecule has 3 N–H and O–H groups in total. The van der Waals surface area contributed by atoms with Crippen LogP contribution in [0.5, 0.6) is 0 Å². The van der Waals surface area contributed by atoms with Gasteiger partial charge in [0.2, 0.25) is 5.91 Å². The molecule has 90 valence electrons. The standard InChI is InChI=1S/C10H17N3O2S/c1-6-2-3-11-4-7(6)12-9(14)8-5-16-10(15)13-8/h6-8,11H,2-5H2,1H3,(H,12,14)(H,13,15)/t6?,7?,8-/m0/s1. The van der Waals surface area contributed by atoms with Gasteiger partial charge in [-0.15, -0.1) is 0 Å². The average Bonchev–Trinajstić information content (AvgIpc) is 2.68. The normalized spacial score (nSPS) is 34.6. The number of nitrogens with one attached hydrogen (secondary N) is 3. The zero-order valence-electron chi connectivity index (χ0n) is 9.29. The fraction of sp³-hybridized carbons (Fsp3) is 0.800. The lowest BCUT2D eigenvalue weighted by molar-refractivity contribution is -0.123. The number of piperidine rings is 1. The van der Waals surface area contributed by atoms with Crippen molar-refractivity contribution in [3.05, 3.63) is 0 Å². The maximum absolute atomic E-state index is 11.8. The van der Waals surface area contributed by atoms with Crippen LogP contribution in [-0.2, 0) is 4.79 Å². The molecule has 0 aromatic rings. The molecule has 5 nitrogen and oxygen atoms in total. The number of thioether (sulfide) groups is 1. The van der Waals surface area contributed by atoms with E-state index in [0.29, 0.717) is 11.7 Å². The summed E-state index contributed by atoms with van der Waals surface area (Å²) in [5, 5.41) is 8.81. The first kappa shape index (κ1) is 11.7. The molecule has 2 heterocycles. The number of carbonyl (C=O) groups excluding carboxylic acids is 2. The van der Waals surface area contributed by atoms with E-state index in [-0.39, 0.29) is 23.2 Å². The van der Waals surface area contributed by atoms with Gasteiger partial charge in [0.25, 0.3) is 5.24 Å². The van der Waals surface area contributed by atoms with Crippen molar-refractivity contribution >= 4 is 22.9 Å². The lowest BCUT2D eigenvalue weighted by atomic mass is 9.94. The van der Waals surface area contributed by atoms with Crippen LogP contribution in [-0.4, -0.2) is 42.1 Å². The summed E-state index contributed by atoms with van der Waals surface area (Å²) in [7, 11) is 0. The summed E-state index contributed by atoms with van der Waals surface area (Å²) in [6.45, 7) is 3.98. The zero-order valence-corrected chi connectivity index (χ0v) is 10.1. The molecule has 2 aliphatic heterocycles. The molecule has 2 unspecified atom stereocenters. The Morgan fingerprint density at radius 3 is 3.00 bits per heavy atom. The van der Waals surface area contributed by atoms with Crippen molar-refractivity contribution in [3.63, 3.8) is 0 Å². The second-order valence-electron chi connectivity index (χ2n) is 4.38. The quantitative estimate of drug-likeness (QED) is 0.635. The van der Waals surface area contributed by atoms with Crippen LogP contribution in [0.25, 0.3) is 0 Å². The molecule has 2 amide bonds. The van der Waals surface area contributed by atoms with Gasteiger partial charge in [0.05, 0.1) is 0 Å². The number of carbonyl (C=O) groups is 2. The van der Waals surface area contributed by atoms with E-state index in [1.165, 1.54) is 11.8 Å². The molecule has 0 bridgehead atoms. The van der Waals surface area contributed by atoms with Gasteiger partial charge in [0.1, 0.15) is 6.04 Å². The van der Waals surface area contributed by atoms with Crippen molar-refractivity contribution in [2.45, 2.75) is 25.4 Å². The van der Waals surface area contributed by atoms with Crippen molar-refractivity contribution in [3.8, 4) is 0 Å². The fourth-order valence-corrected chi connectivity index (χ4v) is 2.77. The molecule has 0 aromatic heterocycles. The Morgan fingerprint density at radius 2 is 2.38 bits per heavy atom. The van der Waals surface area contributed by atoms with Crippen LogP contribution < -0.4 is 16.0 Å². The molecular weight excluding hydrogens is 226 g/mol. The van der Waals surface area contributed by atoms with Crippen LogP contribution in [0.3, 0.4) is 0 Å². The highest BCUT2D eigenvalue weighted by atomic mass is 32.2. The number of amides is 2. The highest BCUT2D eigenvalue weighted by Crippen LogP contribution is 2.15. The molecular formula is C10H17N3O2S. The van der Waals surface area contributed by atoms with Crippen molar-refractivity contribution in [2.24, 2.45) is 5.92 Å². The Morgan fingerprint density at radius 1 is 1.56 bits per heavy atom. The first-order valence-electron chi connectivity index (χ1n) is 5.61. The van der Waals surface area contributed by atoms with Gasteiger partial charge in [0, 0.05) is 18.3 Å². The van der Waals surface area contributed by atoms with E-state index in [1.54, 1.807) is 0 Å². The predicted octanol–water partition coefficient (Wildman–Crippen LogP) is -0.0744. The summed E-state index contributed by atoms with van der Waals surface area (Å²) in [5.74, 6) is 0.980. The maximum atomic E-state index is 11.8. The van der Waals surface area contributed by atoms with Gasteiger partial charge >= 0.3 is 0 Å². The minimum absolute atomic E-state index is 0.0566. The highest BCUT2D eigenvalue weighted by Gasteiger charge is 2.31. The summed E-state index contributed by atoms with van der Waals surface area (Å²) in [5.41, 5.74) is 0. The second-order valence-corrected chi connectivity index (χ2v) is 5.37. The molecule has 0 aromatic carbocycles. The van der Waals surface area contributed by atoms with E-state index in [0.717, 1.165) is 19.5 Å². The maximum Gasteiger partial charge on any atom is 0.279 e. The molecule has 2 aliphatic rings. The fourth-order valence-electron chi connectivity index (χ4n) is 1.99. The van der Waals surface area contributed by atoms with Crippen LogP contribution in [0.2, 0.25) is 0 Å². The second kappa shape index (κ2) is 5.05. The van der Waals surface area contributed by atoms with Crippen molar-refractivity contribution in [1.82, 2.24) is 16.0 Å². The molecule has 16 heavy (non-hydrogen) atoms. The Labute approximate surface area is 99.1 Å². The molecule has 0 spiro atoms. The van der Waals surface area contributed by atoms with Crippen molar-refractivity contribution in [1.29, 1.82) is 0 Å². The first-order valence-corrected chi connectivity index (χ1v) is 6.60. The minimum Gasteiger partial charge on any atom is -0.350 e. The number of hydrogen-bond donors (Lipinski definition) is 3. The van der Waals surface area contributed by atoms with E-state index >= 15 is 0 Å². The molecule has 0 aliphatic carbocycles. The van der Waals surface area contributed by atoms with E-state index in [4.69, 9.17) is 0 Å². The monoisotopic (exact) mass is 243 g/mol. The smallest absolute Gasteiger partial charge is 0.279 e. The Balaban J connectivity index is 1.84. The Bertz CT molecular complexity index is 298. The van der Waals surface area contributed by atoms with Crippen molar-refractivity contribution < 1.29 is 9.59 Å². The van der Waals surface area contributed by atoms with Gasteiger partial charge in [-0.3, -0.25) is 9.59 Å². The number of hydrogen-bond acceptors (Lipinski definition) is 4. The van der Waals surface area contributed by atoms with Gasteiger partial charge in [0.15, 0.2) is 0 Å². The summed E-state index contributed by atoms with van der Waals surface area (Å²) < 4.78 is 0.